The van der Waals surface area contributed by atoms with Crippen molar-refractivity contribution in [2.45, 2.75) is 53.1 Å². The van der Waals surface area contributed by atoms with Crippen LogP contribution in [0, 0.1) is 12.8 Å². The predicted molar refractivity (Wildman–Crippen MR) is 75.5 cm³/mol. The number of amides is 1. The van der Waals surface area contributed by atoms with Crippen molar-refractivity contribution in [3.63, 3.8) is 0 Å². The molecule has 1 heterocycles. The molecule has 0 bridgehead atoms. The van der Waals surface area contributed by atoms with Gasteiger partial charge in [0.1, 0.15) is 0 Å². The van der Waals surface area contributed by atoms with Gasteiger partial charge in [0.15, 0.2) is 0 Å². The molecular weight excluding hydrogens is 246 g/mol. The molecule has 4 nitrogen and oxygen atoms in total. The van der Waals surface area contributed by atoms with E-state index < -0.39 is 6.04 Å². The molecule has 102 valence electrons. The molecule has 1 rings (SSSR count). The van der Waals surface area contributed by atoms with E-state index in [2.05, 4.69) is 31.1 Å². The summed E-state index contributed by atoms with van der Waals surface area (Å²) in [6.45, 7) is 8.73. The van der Waals surface area contributed by atoms with Crippen LogP contribution in [0.4, 0.5) is 0 Å². The van der Waals surface area contributed by atoms with Crippen molar-refractivity contribution in [1.82, 2.24) is 10.3 Å². The Bertz CT molecular complexity index is 401. The number of carbonyl (C=O) groups excluding carboxylic acids is 1. The molecule has 1 aromatic rings. The van der Waals surface area contributed by atoms with Crippen LogP contribution in [0.2, 0.25) is 0 Å². The zero-order chi connectivity index (χ0) is 13.7. The highest BCUT2D eigenvalue weighted by Crippen LogP contribution is 2.18. The number of nitrogens with two attached hydrogens (primary N) is 1. The topological polar surface area (TPSA) is 68.0 Å². The Morgan fingerprint density at radius 2 is 2.17 bits per heavy atom. The van der Waals surface area contributed by atoms with Gasteiger partial charge in [0.05, 0.1) is 23.3 Å². The van der Waals surface area contributed by atoms with Crippen LogP contribution in [0.5, 0.6) is 0 Å². The summed E-state index contributed by atoms with van der Waals surface area (Å²) >= 11 is 1.64. The zero-order valence-electron chi connectivity index (χ0n) is 11.6. The Morgan fingerprint density at radius 3 is 2.72 bits per heavy atom. The molecule has 1 atom stereocenters. The standard InChI is InChI=1S/C13H23N3OS/c1-5-11-12(18-9(4)16-11)7-15-13(17)10(14)6-8(2)3/h8,10H,5-7,14H2,1-4H3,(H,15,17)/t10-/m1/s1. The van der Waals surface area contributed by atoms with Gasteiger partial charge >= 0.3 is 0 Å². The van der Waals surface area contributed by atoms with E-state index in [9.17, 15) is 4.79 Å². The summed E-state index contributed by atoms with van der Waals surface area (Å²) in [6.07, 6.45) is 1.61. The molecule has 0 saturated carbocycles. The van der Waals surface area contributed by atoms with Gasteiger partial charge in [-0.15, -0.1) is 11.3 Å². The summed E-state index contributed by atoms with van der Waals surface area (Å²) < 4.78 is 0. The van der Waals surface area contributed by atoms with E-state index in [0.29, 0.717) is 18.9 Å². The number of aromatic nitrogens is 1. The Morgan fingerprint density at radius 1 is 1.50 bits per heavy atom. The minimum absolute atomic E-state index is 0.0724. The van der Waals surface area contributed by atoms with Crippen LogP contribution >= 0.6 is 11.3 Å². The molecule has 3 N–H and O–H groups in total. The average molecular weight is 269 g/mol. The van der Waals surface area contributed by atoms with E-state index in [-0.39, 0.29) is 5.91 Å². The van der Waals surface area contributed by atoms with Gasteiger partial charge < -0.3 is 11.1 Å². The van der Waals surface area contributed by atoms with Crippen LogP contribution < -0.4 is 11.1 Å². The van der Waals surface area contributed by atoms with Crippen molar-refractivity contribution in [2.75, 3.05) is 0 Å². The van der Waals surface area contributed by atoms with Crippen molar-refractivity contribution < 1.29 is 4.79 Å². The number of nitrogens with zero attached hydrogens (tertiary/aromatic N) is 1. The fraction of sp³-hybridized carbons (Fsp3) is 0.692. The number of aryl methyl sites for hydroxylation is 2. The van der Waals surface area contributed by atoms with Crippen molar-refractivity contribution in [3.8, 4) is 0 Å². The van der Waals surface area contributed by atoms with Gasteiger partial charge in [0.2, 0.25) is 5.91 Å². The highest BCUT2D eigenvalue weighted by Gasteiger charge is 2.15. The van der Waals surface area contributed by atoms with Crippen LogP contribution in [0.1, 0.15) is 42.8 Å². The largest absolute Gasteiger partial charge is 0.350 e. The summed E-state index contributed by atoms with van der Waals surface area (Å²) in [7, 11) is 0. The van der Waals surface area contributed by atoms with Gasteiger partial charge in [-0.2, -0.15) is 0 Å². The quantitative estimate of drug-likeness (QED) is 0.830. The predicted octanol–water partition coefficient (Wildman–Crippen LogP) is 2.00. The van der Waals surface area contributed by atoms with Gasteiger partial charge in [-0.05, 0) is 25.7 Å². The molecule has 0 radical (unpaired) electrons. The van der Waals surface area contributed by atoms with Gasteiger partial charge in [-0.25, -0.2) is 4.98 Å². The maximum atomic E-state index is 11.8. The van der Waals surface area contributed by atoms with E-state index >= 15 is 0 Å². The second-order valence-electron chi connectivity index (χ2n) is 4.91. The van der Waals surface area contributed by atoms with E-state index in [0.717, 1.165) is 22.0 Å². The van der Waals surface area contributed by atoms with Crippen molar-refractivity contribution in [3.05, 3.63) is 15.6 Å². The van der Waals surface area contributed by atoms with Crippen LogP contribution in [-0.2, 0) is 17.8 Å². The van der Waals surface area contributed by atoms with Gasteiger partial charge in [-0.1, -0.05) is 20.8 Å². The third-order valence-electron chi connectivity index (χ3n) is 2.71. The normalized spacial score (nSPS) is 12.8. The van der Waals surface area contributed by atoms with Crippen molar-refractivity contribution in [2.24, 2.45) is 11.7 Å². The summed E-state index contributed by atoms with van der Waals surface area (Å²) in [4.78, 5) is 17.4. The molecule has 0 spiro atoms. The first-order valence-electron chi connectivity index (χ1n) is 6.42. The number of hydrogen-bond donors (Lipinski definition) is 2. The van der Waals surface area contributed by atoms with Gasteiger partial charge in [0.25, 0.3) is 0 Å². The third-order valence-corrected chi connectivity index (χ3v) is 3.72. The summed E-state index contributed by atoms with van der Waals surface area (Å²) in [5, 5.41) is 3.94. The van der Waals surface area contributed by atoms with Crippen LogP contribution in [0.15, 0.2) is 0 Å². The zero-order valence-corrected chi connectivity index (χ0v) is 12.4. The summed E-state index contributed by atoms with van der Waals surface area (Å²) in [5.41, 5.74) is 6.91. The molecule has 0 unspecified atom stereocenters. The smallest absolute Gasteiger partial charge is 0.237 e. The Kier molecular flexibility index (Phi) is 5.75. The lowest BCUT2D eigenvalue weighted by Crippen LogP contribution is -2.41. The first-order chi connectivity index (χ1) is 8.43. The molecule has 0 aliphatic heterocycles. The molecular formula is C13H23N3OS. The Labute approximate surface area is 113 Å². The van der Waals surface area contributed by atoms with Crippen molar-refractivity contribution >= 4 is 17.2 Å². The van der Waals surface area contributed by atoms with E-state index in [1.165, 1.54) is 0 Å². The monoisotopic (exact) mass is 269 g/mol. The molecule has 0 saturated heterocycles. The van der Waals surface area contributed by atoms with Crippen LogP contribution in [0.25, 0.3) is 0 Å². The van der Waals surface area contributed by atoms with Crippen molar-refractivity contribution in [1.29, 1.82) is 0 Å². The van der Waals surface area contributed by atoms with Gasteiger partial charge in [-0.3, -0.25) is 4.79 Å². The number of carbonyl (C=O) groups is 1. The minimum Gasteiger partial charge on any atom is -0.350 e. The fourth-order valence-corrected chi connectivity index (χ4v) is 2.80. The fourth-order valence-electron chi connectivity index (χ4n) is 1.84. The molecule has 0 aliphatic carbocycles. The van der Waals surface area contributed by atoms with E-state index in [4.69, 9.17) is 5.73 Å². The highest BCUT2D eigenvalue weighted by atomic mass is 32.1. The molecule has 1 aromatic heterocycles. The third kappa shape index (κ3) is 4.38. The molecule has 18 heavy (non-hydrogen) atoms. The number of thiazole rings is 1. The van der Waals surface area contributed by atoms with Crippen LogP contribution in [0.3, 0.4) is 0 Å². The second kappa shape index (κ2) is 6.85. The molecule has 0 fully saturated rings. The maximum absolute atomic E-state index is 11.8. The molecule has 0 aliphatic rings. The lowest BCUT2D eigenvalue weighted by Gasteiger charge is -2.13. The summed E-state index contributed by atoms with van der Waals surface area (Å²) in [6, 6.07) is -0.413. The molecule has 5 heteroatoms. The van der Waals surface area contributed by atoms with E-state index in [1.54, 1.807) is 11.3 Å². The lowest BCUT2D eigenvalue weighted by atomic mass is 10.0. The molecule has 0 aromatic carbocycles. The highest BCUT2D eigenvalue weighted by molar-refractivity contribution is 7.11. The first kappa shape index (κ1) is 15.1. The second-order valence-corrected chi connectivity index (χ2v) is 6.20. The lowest BCUT2D eigenvalue weighted by molar-refractivity contribution is -0.122. The SMILES string of the molecule is CCc1nc(C)sc1CNC(=O)[C@H](N)CC(C)C. The minimum atomic E-state index is -0.413. The molecule has 1 amide bonds. The first-order valence-corrected chi connectivity index (χ1v) is 7.24. The van der Waals surface area contributed by atoms with Crippen LogP contribution in [-0.4, -0.2) is 16.9 Å². The summed E-state index contributed by atoms with van der Waals surface area (Å²) in [5.74, 6) is 0.361. The average Bonchev–Trinajstić information content (AvgIpc) is 2.65. The van der Waals surface area contributed by atoms with E-state index in [1.807, 2.05) is 6.92 Å². The Hall–Kier alpha value is -0.940. The number of nitrogens with one attached hydrogen (secondary N) is 1. The number of rotatable bonds is 6. The Balaban J connectivity index is 2.51. The maximum Gasteiger partial charge on any atom is 0.237 e. The van der Waals surface area contributed by atoms with Gasteiger partial charge in [0, 0.05) is 4.88 Å². The number of hydrogen-bond acceptors (Lipinski definition) is 4.